The van der Waals surface area contributed by atoms with Gasteiger partial charge in [-0.05, 0) is 49.6 Å². The average molecular weight is 401 g/mol. The van der Waals surface area contributed by atoms with Crippen LogP contribution in [0.1, 0.15) is 29.7 Å². The molecule has 1 N–H and O–H groups in total. The number of sulfonamides is 1. The molecule has 0 amide bonds. The summed E-state index contributed by atoms with van der Waals surface area (Å²) in [4.78, 5) is 14.3. The molecule has 0 spiro atoms. The Morgan fingerprint density at radius 2 is 1.86 bits per heavy atom. The van der Waals surface area contributed by atoms with E-state index in [0.29, 0.717) is 11.1 Å². The molecular weight excluding hydrogens is 382 g/mol. The first kappa shape index (κ1) is 19.6. The molecule has 1 aromatic heterocycles. The summed E-state index contributed by atoms with van der Waals surface area (Å²) in [6, 6.07) is 9.10. The lowest BCUT2D eigenvalue weighted by atomic mass is 10.1. The largest absolute Gasteiger partial charge is 0.271 e. The first-order valence-corrected chi connectivity index (χ1v) is 9.90. The van der Waals surface area contributed by atoms with Crippen LogP contribution in [0.25, 0.3) is 5.69 Å². The van der Waals surface area contributed by atoms with E-state index in [1.54, 1.807) is 56.0 Å². The number of hydrogen-bond acceptors (Lipinski definition) is 6. The van der Waals surface area contributed by atoms with Crippen molar-refractivity contribution in [3.8, 4) is 5.69 Å². The van der Waals surface area contributed by atoms with Gasteiger partial charge < -0.3 is 0 Å². The van der Waals surface area contributed by atoms with Gasteiger partial charge in [-0.3, -0.25) is 10.1 Å². The van der Waals surface area contributed by atoms with Gasteiger partial charge in [0, 0.05) is 18.2 Å². The number of aryl methyl sites for hydroxylation is 1. The van der Waals surface area contributed by atoms with Crippen molar-refractivity contribution in [1.29, 1.82) is 0 Å². The average Bonchev–Trinajstić information content (AvgIpc) is 3.18. The molecule has 0 aliphatic rings. The standard InChI is InChI=1S/C18H19N5O4S/c1-12-8-17(23(24)25)9-18(13(12)2)28(26,27)21-14(3)15-4-6-16(7-5-15)22-11-19-10-20-22/h4-11,14,21H,1-3H3. The number of aromatic nitrogens is 3. The van der Waals surface area contributed by atoms with Crippen molar-refractivity contribution in [1.82, 2.24) is 19.5 Å². The molecule has 3 rings (SSSR count). The fourth-order valence-electron chi connectivity index (χ4n) is 2.81. The van der Waals surface area contributed by atoms with Crippen molar-refractivity contribution in [3.05, 3.63) is 75.9 Å². The van der Waals surface area contributed by atoms with Gasteiger partial charge in [0.2, 0.25) is 10.0 Å². The second-order valence-corrected chi connectivity index (χ2v) is 8.10. The number of nitro groups is 1. The van der Waals surface area contributed by atoms with Crippen molar-refractivity contribution in [2.24, 2.45) is 0 Å². The molecule has 0 radical (unpaired) electrons. The quantitative estimate of drug-likeness (QED) is 0.501. The van der Waals surface area contributed by atoms with Crippen LogP contribution in [0.15, 0.2) is 53.9 Å². The number of non-ortho nitro benzene ring substituents is 1. The molecule has 10 heteroatoms. The predicted octanol–water partition coefficient (Wildman–Crippen LogP) is 2.83. The van der Waals surface area contributed by atoms with Gasteiger partial charge in [0.1, 0.15) is 12.7 Å². The van der Waals surface area contributed by atoms with E-state index in [1.807, 2.05) is 0 Å². The van der Waals surface area contributed by atoms with Crippen LogP contribution in [-0.2, 0) is 10.0 Å². The van der Waals surface area contributed by atoms with E-state index in [4.69, 9.17) is 0 Å². The number of benzene rings is 2. The van der Waals surface area contributed by atoms with Crippen molar-refractivity contribution < 1.29 is 13.3 Å². The highest BCUT2D eigenvalue weighted by atomic mass is 32.2. The lowest BCUT2D eigenvalue weighted by molar-refractivity contribution is -0.385. The van der Waals surface area contributed by atoms with E-state index in [9.17, 15) is 18.5 Å². The monoisotopic (exact) mass is 401 g/mol. The summed E-state index contributed by atoms with van der Waals surface area (Å²) in [5.41, 5.74) is 2.30. The highest BCUT2D eigenvalue weighted by Gasteiger charge is 2.24. The first-order valence-electron chi connectivity index (χ1n) is 8.42. The fourth-order valence-corrected chi connectivity index (χ4v) is 4.38. The van der Waals surface area contributed by atoms with Crippen LogP contribution in [0.3, 0.4) is 0 Å². The van der Waals surface area contributed by atoms with Crippen LogP contribution in [0.5, 0.6) is 0 Å². The maximum atomic E-state index is 12.9. The highest BCUT2D eigenvalue weighted by Crippen LogP contribution is 2.27. The maximum Gasteiger partial charge on any atom is 0.271 e. The third kappa shape index (κ3) is 3.92. The van der Waals surface area contributed by atoms with Crippen molar-refractivity contribution in [2.45, 2.75) is 31.7 Å². The second-order valence-electron chi connectivity index (χ2n) is 6.42. The topological polar surface area (TPSA) is 120 Å². The molecule has 1 heterocycles. The lowest BCUT2D eigenvalue weighted by Gasteiger charge is -2.17. The van der Waals surface area contributed by atoms with E-state index in [2.05, 4.69) is 14.8 Å². The van der Waals surface area contributed by atoms with Crippen LogP contribution in [0.2, 0.25) is 0 Å². The Morgan fingerprint density at radius 3 is 2.43 bits per heavy atom. The number of hydrogen-bond donors (Lipinski definition) is 1. The first-order chi connectivity index (χ1) is 13.2. The van der Waals surface area contributed by atoms with Gasteiger partial charge in [-0.15, -0.1) is 0 Å². The lowest BCUT2D eigenvalue weighted by Crippen LogP contribution is -2.27. The van der Waals surface area contributed by atoms with E-state index in [0.717, 1.165) is 17.3 Å². The molecule has 0 aliphatic heterocycles. The summed E-state index contributed by atoms with van der Waals surface area (Å²) in [5.74, 6) is 0. The van der Waals surface area contributed by atoms with Crippen molar-refractivity contribution >= 4 is 15.7 Å². The normalized spacial score (nSPS) is 12.7. The zero-order chi connectivity index (χ0) is 20.5. The predicted molar refractivity (Wildman–Crippen MR) is 103 cm³/mol. The van der Waals surface area contributed by atoms with E-state index < -0.39 is 21.0 Å². The van der Waals surface area contributed by atoms with Crippen LogP contribution in [-0.4, -0.2) is 28.1 Å². The van der Waals surface area contributed by atoms with Gasteiger partial charge in [-0.1, -0.05) is 12.1 Å². The van der Waals surface area contributed by atoms with Crippen molar-refractivity contribution in [3.63, 3.8) is 0 Å². The summed E-state index contributed by atoms with van der Waals surface area (Å²) in [7, 11) is -3.95. The number of nitrogens with one attached hydrogen (secondary N) is 1. The number of rotatable bonds is 6. The molecule has 1 atom stereocenters. The summed E-state index contributed by atoms with van der Waals surface area (Å²) >= 11 is 0. The Bertz CT molecular complexity index is 1110. The maximum absolute atomic E-state index is 12.9. The summed E-state index contributed by atoms with van der Waals surface area (Å²) < 4.78 is 29.9. The third-order valence-corrected chi connectivity index (χ3v) is 6.18. The summed E-state index contributed by atoms with van der Waals surface area (Å²) in [6.45, 7) is 4.99. The van der Waals surface area contributed by atoms with E-state index in [-0.39, 0.29) is 10.6 Å². The highest BCUT2D eigenvalue weighted by molar-refractivity contribution is 7.89. The molecule has 9 nitrogen and oxygen atoms in total. The molecular formula is C18H19N5O4S. The summed E-state index contributed by atoms with van der Waals surface area (Å²) in [5, 5.41) is 15.1. The smallest absolute Gasteiger partial charge is 0.258 e. The molecule has 2 aromatic carbocycles. The van der Waals surface area contributed by atoms with Crippen LogP contribution in [0, 0.1) is 24.0 Å². The Morgan fingerprint density at radius 1 is 1.18 bits per heavy atom. The Labute approximate surface area is 162 Å². The number of nitrogens with zero attached hydrogens (tertiary/aromatic N) is 4. The molecule has 0 saturated heterocycles. The molecule has 1 unspecified atom stereocenters. The second kappa shape index (κ2) is 7.49. The third-order valence-electron chi connectivity index (χ3n) is 4.51. The molecule has 146 valence electrons. The zero-order valence-corrected chi connectivity index (χ0v) is 16.3. The minimum Gasteiger partial charge on any atom is -0.258 e. The molecule has 0 aliphatic carbocycles. The van der Waals surface area contributed by atoms with Gasteiger partial charge in [0.05, 0.1) is 15.5 Å². The van der Waals surface area contributed by atoms with Crippen LogP contribution >= 0.6 is 0 Å². The molecule has 0 saturated carbocycles. The zero-order valence-electron chi connectivity index (χ0n) is 15.5. The van der Waals surface area contributed by atoms with Crippen LogP contribution < -0.4 is 4.72 Å². The minimum atomic E-state index is -3.95. The van der Waals surface area contributed by atoms with Gasteiger partial charge in [0.15, 0.2) is 0 Å². The minimum absolute atomic E-state index is 0.0923. The van der Waals surface area contributed by atoms with Crippen molar-refractivity contribution in [2.75, 3.05) is 0 Å². The van der Waals surface area contributed by atoms with Gasteiger partial charge in [-0.2, -0.15) is 5.10 Å². The van der Waals surface area contributed by atoms with Gasteiger partial charge in [0.25, 0.3) is 5.69 Å². The Balaban J connectivity index is 1.87. The molecule has 0 fully saturated rings. The SMILES string of the molecule is Cc1cc([N+](=O)[O-])cc(S(=O)(=O)NC(C)c2ccc(-n3cncn3)cc2)c1C. The molecule has 0 bridgehead atoms. The van der Waals surface area contributed by atoms with Gasteiger partial charge in [-0.25, -0.2) is 22.8 Å². The van der Waals surface area contributed by atoms with Crippen LogP contribution in [0.4, 0.5) is 5.69 Å². The Kier molecular flexibility index (Phi) is 5.25. The fraction of sp³-hybridized carbons (Fsp3) is 0.222. The van der Waals surface area contributed by atoms with E-state index >= 15 is 0 Å². The molecule has 3 aromatic rings. The van der Waals surface area contributed by atoms with Gasteiger partial charge >= 0.3 is 0 Å². The molecule has 28 heavy (non-hydrogen) atoms. The summed E-state index contributed by atoms with van der Waals surface area (Å²) in [6.07, 6.45) is 2.99. The Hall–Kier alpha value is -3.11. The van der Waals surface area contributed by atoms with E-state index in [1.165, 1.54) is 12.4 Å². The number of nitro benzene ring substituents is 1.